The molecule has 1 aromatic heterocycles. The highest BCUT2D eigenvalue weighted by Crippen LogP contribution is 2.62. The number of oxime groups is 1. The number of unbranched alkanes of at least 4 members (excludes halogenated alkanes) is 10. The maximum absolute atomic E-state index is 14.8. The van der Waals surface area contributed by atoms with E-state index in [4.69, 9.17) is 24.2 Å². The van der Waals surface area contributed by atoms with Crippen molar-refractivity contribution < 1.29 is 34.1 Å². The number of aliphatic hydroxyl groups is 2. The number of rotatable bonds is 28. The molecular weight excluding hydrogens is 791 g/mol. The van der Waals surface area contributed by atoms with Crippen LogP contribution in [0.15, 0.2) is 65.9 Å². The molecule has 0 bridgehead atoms. The largest absolute Gasteiger partial charge is 0.487 e. The molecule has 1 saturated carbocycles. The van der Waals surface area contributed by atoms with Gasteiger partial charge in [0.05, 0.1) is 23.9 Å². The minimum atomic E-state index is -1.26. The van der Waals surface area contributed by atoms with Gasteiger partial charge in [0, 0.05) is 49.8 Å². The van der Waals surface area contributed by atoms with Crippen LogP contribution in [-0.4, -0.2) is 75.5 Å². The Hall–Kier alpha value is -3.73. The van der Waals surface area contributed by atoms with Gasteiger partial charge in [-0.2, -0.15) is 0 Å². The van der Waals surface area contributed by atoms with E-state index in [1.807, 2.05) is 58.0 Å². The fourth-order valence-electron chi connectivity index (χ4n) is 10.2. The second-order valence-corrected chi connectivity index (χ2v) is 19.2. The van der Waals surface area contributed by atoms with E-state index >= 15 is 0 Å². The molecule has 0 unspecified atom stereocenters. The lowest BCUT2D eigenvalue weighted by Crippen LogP contribution is -2.70. The Morgan fingerprint density at radius 1 is 0.952 bits per heavy atom. The third-order valence-electron chi connectivity index (χ3n) is 13.1. The van der Waals surface area contributed by atoms with Gasteiger partial charge in [0.15, 0.2) is 0 Å². The van der Waals surface area contributed by atoms with Crippen molar-refractivity contribution >= 4 is 11.6 Å². The third-order valence-corrected chi connectivity index (χ3v) is 13.1. The molecule has 1 aromatic carbocycles. The summed E-state index contributed by atoms with van der Waals surface area (Å²) in [5.41, 5.74) is 4.16. The maximum atomic E-state index is 14.8. The topological polar surface area (TPSA) is 123 Å². The van der Waals surface area contributed by atoms with Crippen LogP contribution in [-0.2, 0) is 21.0 Å². The number of fused-ring (bicyclic) bond motifs is 2. The van der Waals surface area contributed by atoms with Crippen LogP contribution < -0.4 is 9.47 Å². The van der Waals surface area contributed by atoms with E-state index < -0.39 is 17.4 Å². The molecule has 0 saturated heterocycles. The predicted octanol–water partition coefficient (Wildman–Crippen LogP) is 11.6. The summed E-state index contributed by atoms with van der Waals surface area (Å²) >= 11 is 0. The quantitative estimate of drug-likeness (QED) is 0.0492. The zero-order chi connectivity index (χ0) is 45.2. The minimum absolute atomic E-state index is 0.115. The number of carbonyl (C=O) groups excluding carboxylic acids is 1. The van der Waals surface area contributed by atoms with E-state index in [2.05, 4.69) is 42.5 Å². The molecule has 0 radical (unpaired) electrons. The van der Waals surface area contributed by atoms with Gasteiger partial charge in [-0.05, 0) is 114 Å². The summed E-state index contributed by atoms with van der Waals surface area (Å²) in [6.45, 7) is 17.9. The van der Waals surface area contributed by atoms with Crippen molar-refractivity contribution in [1.82, 2.24) is 9.88 Å². The average Bonchev–Trinajstić information content (AvgIpc) is 3.26. The van der Waals surface area contributed by atoms with Crippen molar-refractivity contribution in [3.05, 3.63) is 77.7 Å². The molecule has 2 heterocycles. The lowest BCUT2D eigenvalue weighted by atomic mass is 9.55. The second kappa shape index (κ2) is 25.1. The summed E-state index contributed by atoms with van der Waals surface area (Å²) in [6.07, 6.45) is 21.4. The van der Waals surface area contributed by atoms with Crippen molar-refractivity contribution in [2.45, 2.75) is 187 Å². The number of aryl methyl sites for hydroxylation is 1. The molecule has 1 amide bonds. The van der Waals surface area contributed by atoms with Crippen LogP contribution in [0.25, 0.3) is 0 Å². The highest BCUT2D eigenvalue weighted by molar-refractivity contribution is 6.03. The number of amides is 1. The zero-order valence-corrected chi connectivity index (χ0v) is 39.8. The predicted molar refractivity (Wildman–Crippen MR) is 253 cm³/mol. The molecule has 6 atom stereocenters. The van der Waals surface area contributed by atoms with Crippen LogP contribution >= 0.6 is 0 Å². The molecule has 0 spiro atoms. The minimum Gasteiger partial charge on any atom is -0.487 e. The summed E-state index contributed by atoms with van der Waals surface area (Å²) in [5.74, 6) is 0.113. The van der Waals surface area contributed by atoms with Crippen LogP contribution in [0.4, 0.5) is 0 Å². The van der Waals surface area contributed by atoms with Gasteiger partial charge in [-0.3, -0.25) is 9.78 Å². The summed E-state index contributed by atoms with van der Waals surface area (Å²) in [4.78, 5) is 27.8. The highest BCUT2D eigenvalue weighted by Gasteiger charge is 2.65. The Balaban J connectivity index is 1.63. The molecule has 3 aliphatic rings. The fourth-order valence-corrected chi connectivity index (χ4v) is 10.2. The lowest BCUT2D eigenvalue weighted by Gasteiger charge is -2.60. The van der Waals surface area contributed by atoms with E-state index in [0.29, 0.717) is 32.4 Å². The maximum Gasteiger partial charge on any atom is 0.239 e. The molecule has 63 heavy (non-hydrogen) atoms. The number of hydrogen-bond acceptors (Lipinski definition) is 9. The lowest BCUT2D eigenvalue weighted by molar-refractivity contribution is -0.257. The molecule has 5 rings (SSSR count). The number of ether oxygens (including phenoxy) is 3. The molecule has 350 valence electrons. The monoisotopic (exact) mass is 872 g/mol. The van der Waals surface area contributed by atoms with Gasteiger partial charge in [-0.1, -0.05) is 101 Å². The van der Waals surface area contributed by atoms with Crippen molar-refractivity contribution in [3.8, 4) is 11.5 Å². The summed E-state index contributed by atoms with van der Waals surface area (Å²) < 4.78 is 21.1. The van der Waals surface area contributed by atoms with Crippen molar-refractivity contribution in [2.24, 2.45) is 22.9 Å². The zero-order valence-electron chi connectivity index (χ0n) is 39.8. The van der Waals surface area contributed by atoms with Gasteiger partial charge >= 0.3 is 0 Å². The van der Waals surface area contributed by atoms with Gasteiger partial charge in [0.25, 0.3) is 0 Å². The van der Waals surface area contributed by atoms with E-state index in [-0.39, 0.29) is 49.4 Å². The molecule has 10 nitrogen and oxygen atoms in total. The SMILES string of the molecule is C=CCO[C@@]12Oc3ccc(OCc4cccc(C)n4)cc3[C@H]3[C@H](CCCCO)[C@@H](CCCCO)C=C(C(=NOC(C)(C)C)C[C@@H]1N(CCC)C(=O)CCCCCCCCCCC)[C@H]32. The van der Waals surface area contributed by atoms with Gasteiger partial charge in [-0.15, -0.1) is 6.58 Å². The van der Waals surface area contributed by atoms with E-state index in [9.17, 15) is 15.0 Å². The van der Waals surface area contributed by atoms with Crippen molar-refractivity contribution in [3.63, 3.8) is 0 Å². The molecular formula is C53H81N3O7. The number of nitrogens with zero attached hydrogens (tertiary/aromatic N) is 3. The van der Waals surface area contributed by atoms with Crippen LogP contribution in [0.3, 0.4) is 0 Å². The second-order valence-electron chi connectivity index (χ2n) is 19.2. The Bertz CT molecular complexity index is 1790. The number of hydrogen-bond donors (Lipinski definition) is 2. The van der Waals surface area contributed by atoms with Crippen molar-refractivity contribution in [2.75, 3.05) is 26.4 Å². The standard InChI is InChI=1S/C53H81N3O7/c1-8-11-12-13-14-15-16-17-18-28-49(59)56(31-9-2)48-37-46(55-63-52(5,6)7)44-35-40(25-19-21-32-57)43(27-20-22-33-58)50-45-36-42(60-38-41-26-23-24-39(4)54-41)29-30-47(45)62-53(48,51(44)50)61-34-10-3/h10,23-24,26,29-30,35-36,40,43,48,50-51,57-58H,3,8-9,11-22,25,27-28,31-34,37-38H2,1-2,4-7H3/t40-,43+,48-,50+,51+,53+/m0/s1. The van der Waals surface area contributed by atoms with E-state index in [1.54, 1.807) is 6.08 Å². The van der Waals surface area contributed by atoms with Gasteiger partial charge in [0.2, 0.25) is 11.7 Å². The first-order valence-corrected chi connectivity index (χ1v) is 24.6. The summed E-state index contributed by atoms with van der Waals surface area (Å²) in [7, 11) is 0. The molecule has 2 N–H and O–H groups in total. The smallest absolute Gasteiger partial charge is 0.239 e. The van der Waals surface area contributed by atoms with Crippen LogP contribution in [0.2, 0.25) is 0 Å². The van der Waals surface area contributed by atoms with Gasteiger partial charge in [0.1, 0.15) is 29.7 Å². The number of pyridine rings is 1. The summed E-state index contributed by atoms with van der Waals surface area (Å²) in [5, 5.41) is 24.9. The fraction of sp³-hybridized carbons (Fsp3) is 0.679. The van der Waals surface area contributed by atoms with Crippen LogP contribution in [0, 0.1) is 24.7 Å². The first-order valence-electron chi connectivity index (χ1n) is 24.6. The highest BCUT2D eigenvalue weighted by atomic mass is 16.7. The first kappa shape index (κ1) is 50.3. The number of benzene rings is 1. The number of aliphatic hydroxyl groups excluding tert-OH is 2. The molecule has 1 fully saturated rings. The Morgan fingerprint density at radius 2 is 1.67 bits per heavy atom. The summed E-state index contributed by atoms with van der Waals surface area (Å²) in [6, 6.07) is 11.6. The normalized spacial score (nSPS) is 23.3. The third kappa shape index (κ3) is 13.6. The molecule has 2 aromatic rings. The number of carbonyl (C=O) groups is 1. The van der Waals surface area contributed by atoms with Gasteiger partial charge < -0.3 is 34.2 Å². The Morgan fingerprint density at radius 3 is 2.33 bits per heavy atom. The molecule has 2 aliphatic carbocycles. The average molecular weight is 872 g/mol. The first-order chi connectivity index (χ1) is 30.5. The van der Waals surface area contributed by atoms with E-state index in [1.165, 1.54) is 38.5 Å². The van der Waals surface area contributed by atoms with Crippen LogP contribution in [0.1, 0.15) is 173 Å². The van der Waals surface area contributed by atoms with Crippen molar-refractivity contribution in [1.29, 1.82) is 0 Å². The molecule has 10 heteroatoms. The molecule has 1 aliphatic heterocycles. The number of aromatic nitrogens is 1. The Labute approximate surface area is 379 Å². The van der Waals surface area contributed by atoms with Gasteiger partial charge in [-0.25, -0.2) is 0 Å². The van der Waals surface area contributed by atoms with Crippen LogP contribution in [0.5, 0.6) is 11.5 Å². The Kier molecular flexibility index (Phi) is 20.0. The van der Waals surface area contributed by atoms with E-state index in [0.717, 1.165) is 97.5 Å². The number of allylic oxidation sites excluding steroid dienone is 1.